The molecule has 0 saturated carbocycles. The fourth-order valence-electron chi connectivity index (χ4n) is 1.10. The largest absolute Gasteiger partial charge is 0.370 e. The maximum Gasteiger partial charge on any atom is 0.129 e. The number of nitrogens with one attached hydrogen (secondary N) is 1. The fraction of sp³-hybridized carbons (Fsp3) is 0.300. The number of hydrogen-bond donors (Lipinski definition) is 2. The molecule has 0 heterocycles. The lowest BCUT2D eigenvalue weighted by atomic mass is 10.2. The van der Waals surface area contributed by atoms with Crippen LogP contribution in [0.1, 0.15) is 12.5 Å². The summed E-state index contributed by atoms with van der Waals surface area (Å²) in [5.74, 6) is 0.866. The molecule has 0 fully saturated rings. The van der Waals surface area contributed by atoms with Gasteiger partial charge in [-0.1, -0.05) is 30.3 Å². The van der Waals surface area contributed by atoms with Gasteiger partial charge < -0.3 is 11.1 Å². The molecule has 0 bridgehead atoms. The molecule has 0 saturated heterocycles. The predicted octanol–water partition coefficient (Wildman–Crippen LogP) is 0.959. The first kappa shape index (κ1) is 9.74. The van der Waals surface area contributed by atoms with E-state index in [1.54, 1.807) is 0 Å². The average Bonchev–Trinajstić information content (AvgIpc) is 2.19. The minimum Gasteiger partial charge on any atom is -0.370 e. The summed E-state index contributed by atoms with van der Waals surface area (Å²) in [6.07, 6.45) is 0. The number of rotatable bonds is 3. The lowest BCUT2D eigenvalue weighted by molar-refractivity contribution is 0.941. The van der Waals surface area contributed by atoms with Crippen molar-refractivity contribution in [1.82, 2.24) is 5.32 Å². The molecule has 0 aliphatic rings. The Morgan fingerprint density at radius 3 is 2.62 bits per heavy atom. The van der Waals surface area contributed by atoms with Gasteiger partial charge in [0.05, 0.1) is 6.67 Å². The van der Waals surface area contributed by atoms with Crippen LogP contribution < -0.4 is 11.1 Å². The van der Waals surface area contributed by atoms with Gasteiger partial charge in [-0.3, -0.25) is 4.99 Å². The van der Waals surface area contributed by atoms with E-state index >= 15 is 0 Å². The molecule has 0 amide bonds. The van der Waals surface area contributed by atoms with Crippen LogP contribution in [-0.4, -0.2) is 19.0 Å². The Morgan fingerprint density at radius 1 is 1.38 bits per heavy atom. The number of hydrogen-bond acceptors (Lipinski definition) is 2. The van der Waals surface area contributed by atoms with E-state index in [9.17, 15) is 0 Å². The zero-order valence-electron chi connectivity index (χ0n) is 7.83. The van der Waals surface area contributed by atoms with Crippen LogP contribution in [0.2, 0.25) is 0 Å². The molecule has 0 aliphatic carbocycles. The molecular weight excluding hydrogens is 162 g/mol. The molecule has 0 spiro atoms. The Balaban J connectivity index is 2.83. The van der Waals surface area contributed by atoms with Crippen molar-refractivity contribution in [3.63, 3.8) is 0 Å². The van der Waals surface area contributed by atoms with Gasteiger partial charge in [0.2, 0.25) is 0 Å². The predicted molar refractivity (Wildman–Crippen MR) is 55.7 cm³/mol. The van der Waals surface area contributed by atoms with Crippen molar-refractivity contribution in [1.29, 1.82) is 0 Å². The first-order chi connectivity index (χ1) is 6.38. The number of nitrogens with zero attached hydrogens (tertiary/aromatic N) is 1. The summed E-state index contributed by atoms with van der Waals surface area (Å²) < 4.78 is 0. The Kier molecular flexibility index (Phi) is 3.99. The second-order valence-electron chi connectivity index (χ2n) is 2.59. The SMILES string of the molecule is CCN/C(=N\CN)c1ccccc1. The zero-order valence-corrected chi connectivity index (χ0v) is 7.83. The first-order valence-corrected chi connectivity index (χ1v) is 4.42. The number of aliphatic imine (C=N–C) groups is 1. The van der Waals surface area contributed by atoms with Gasteiger partial charge >= 0.3 is 0 Å². The third-order valence-electron chi connectivity index (χ3n) is 1.64. The molecule has 0 atom stereocenters. The van der Waals surface area contributed by atoms with Crippen molar-refractivity contribution in [3.05, 3.63) is 35.9 Å². The van der Waals surface area contributed by atoms with Crippen LogP contribution in [0.3, 0.4) is 0 Å². The minimum absolute atomic E-state index is 0.317. The smallest absolute Gasteiger partial charge is 0.129 e. The standard InChI is InChI=1S/C10H15N3/c1-2-12-10(13-8-11)9-6-4-3-5-7-9/h3-7H,2,8,11H2,1H3,(H,12,13). The van der Waals surface area contributed by atoms with Crippen LogP contribution in [0.15, 0.2) is 35.3 Å². The van der Waals surface area contributed by atoms with Gasteiger partial charge in [-0.25, -0.2) is 0 Å². The van der Waals surface area contributed by atoms with Gasteiger partial charge in [0.1, 0.15) is 5.84 Å². The van der Waals surface area contributed by atoms with Crippen molar-refractivity contribution in [2.45, 2.75) is 6.92 Å². The Morgan fingerprint density at radius 2 is 2.08 bits per heavy atom. The van der Waals surface area contributed by atoms with Crippen LogP contribution in [0.4, 0.5) is 0 Å². The van der Waals surface area contributed by atoms with Crippen LogP contribution in [0, 0.1) is 0 Å². The Bertz CT molecular complexity index is 267. The maximum absolute atomic E-state index is 5.37. The van der Waals surface area contributed by atoms with E-state index in [0.29, 0.717) is 6.67 Å². The number of amidine groups is 1. The molecule has 3 heteroatoms. The lowest BCUT2D eigenvalue weighted by Gasteiger charge is -2.06. The van der Waals surface area contributed by atoms with Gasteiger partial charge in [-0.15, -0.1) is 0 Å². The summed E-state index contributed by atoms with van der Waals surface area (Å²) in [5, 5.41) is 3.17. The summed E-state index contributed by atoms with van der Waals surface area (Å²) in [6, 6.07) is 9.97. The van der Waals surface area contributed by atoms with Crippen molar-refractivity contribution in [3.8, 4) is 0 Å². The topological polar surface area (TPSA) is 50.4 Å². The van der Waals surface area contributed by atoms with Gasteiger partial charge in [-0.2, -0.15) is 0 Å². The highest BCUT2D eigenvalue weighted by Crippen LogP contribution is 1.98. The molecule has 1 aromatic rings. The third kappa shape index (κ3) is 2.87. The van der Waals surface area contributed by atoms with E-state index in [4.69, 9.17) is 5.73 Å². The second kappa shape index (κ2) is 5.32. The van der Waals surface area contributed by atoms with Crippen molar-refractivity contribution < 1.29 is 0 Å². The normalized spacial score (nSPS) is 11.4. The van der Waals surface area contributed by atoms with Crippen LogP contribution in [0.25, 0.3) is 0 Å². The summed E-state index contributed by atoms with van der Waals surface area (Å²) in [5.41, 5.74) is 6.45. The van der Waals surface area contributed by atoms with E-state index in [1.807, 2.05) is 37.3 Å². The monoisotopic (exact) mass is 177 g/mol. The van der Waals surface area contributed by atoms with Crippen LogP contribution in [-0.2, 0) is 0 Å². The summed E-state index contributed by atoms with van der Waals surface area (Å²) in [4.78, 5) is 4.17. The Hall–Kier alpha value is -1.35. The number of benzene rings is 1. The first-order valence-electron chi connectivity index (χ1n) is 4.42. The van der Waals surface area contributed by atoms with Crippen molar-refractivity contribution in [2.75, 3.05) is 13.2 Å². The van der Waals surface area contributed by atoms with E-state index in [0.717, 1.165) is 17.9 Å². The molecule has 1 rings (SSSR count). The highest BCUT2D eigenvalue weighted by molar-refractivity contribution is 5.98. The number of nitrogens with two attached hydrogens (primary N) is 1. The second-order valence-corrected chi connectivity index (χ2v) is 2.59. The molecular formula is C10H15N3. The van der Waals surface area contributed by atoms with Crippen molar-refractivity contribution in [2.24, 2.45) is 10.7 Å². The molecule has 0 unspecified atom stereocenters. The average molecular weight is 177 g/mol. The van der Waals surface area contributed by atoms with Crippen LogP contribution >= 0.6 is 0 Å². The van der Waals surface area contributed by atoms with Gasteiger partial charge in [0.15, 0.2) is 0 Å². The molecule has 0 radical (unpaired) electrons. The van der Waals surface area contributed by atoms with E-state index in [1.165, 1.54) is 0 Å². The minimum atomic E-state index is 0.317. The lowest BCUT2D eigenvalue weighted by Crippen LogP contribution is -2.25. The van der Waals surface area contributed by atoms with Crippen molar-refractivity contribution >= 4 is 5.84 Å². The molecule has 3 nitrogen and oxygen atoms in total. The van der Waals surface area contributed by atoms with Gasteiger partial charge in [0.25, 0.3) is 0 Å². The molecule has 1 aromatic carbocycles. The zero-order chi connectivity index (χ0) is 9.52. The van der Waals surface area contributed by atoms with Gasteiger partial charge in [0, 0.05) is 12.1 Å². The maximum atomic E-state index is 5.37. The van der Waals surface area contributed by atoms with E-state index in [-0.39, 0.29) is 0 Å². The summed E-state index contributed by atoms with van der Waals surface area (Å²) in [7, 11) is 0. The van der Waals surface area contributed by atoms with Gasteiger partial charge in [-0.05, 0) is 6.92 Å². The van der Waals surface area contributed by atoms with E-state index in [2.05, 4.69) is 10.3 Å². The summed E-state index contributed by atoms with van der Waals surface area (Å²) in [6.45, 7) is 3.21. The Labute approximate surface area is 78.7 Å². The van der Waals surface area contributed by atoms with E-state index < -0.39 is 0 Å². The highest BCUT2D eigenvalue weighted by Gasteiger charge is 1.98. The quantitative estimate of drug-likeness (QED) is 0.533. The highest BCUT2D eigenvalue weighted by atomic mass is 15.0. The molecule has 3 N–H and O–H groups in total. The fourth-order valence-corrected chi connectivity index (χ4v) is 1.10. The molecule has 0 aliphatic heterocycles. The molecule has 70 valence electrons. The third-order valence-corrected chi connectivity index (χ3v) is 1.64. The molecule has 13 heavy (non-hydrogen) atoms. The van der Waals surface area contributed by atoms with Crippen LogP contribution in [0.5, 0.6) is 0 Å². The summed E-state index contributed by atoms with van der Waals surface area (Å²) >= 11 is 0. The molecule has 0 aromatic heterocycles.